The Morgan fingerprint density at radius 1 is 1.06 bits per heavy atom. The van der Waals surface area contributed by atoms with Crippen molar-refractivity contribution in [1.29, 1.82) is 0 Å². The van der Waals surface area contributed by atoms with Crippen LogP contribution in [-0.2, 0) is 4.79 Å². The molecule has 0 aromatic heterocycles. The van der Waals surface area contributed by atoms with Crippen LogP contribution in [0.4, 0.5) is 0 Å². The van der Waals surface area contributed by atoms with E-state index in [1.807, 2.05) is 0 Å². The van der Waals surface area contributed by atoms with E-state index in [9.17, 15) is 4.79 Å². The number of carbonyl (C=O) groups is 1. The van der Waals surface area contributed by atoms with Crippen LogP contribution >= 0.6 is 0 Å². The van der Waals surface area contributed by atoms with Gasteiger partial charge in [-0.25, -0.2) is 0 Å². The van der Waals surface area contributed by atoms with Crippen LogP contribution < -0.4 is 5.73 Å². The van der Waals surface area contributed by atoms with Crippen molar-refractivity contribution in [2.75, 3.05) is 13.1 Å². The molecule has 2 N–H and O–H groups in total. The van der Waals surface area contributed by atoms with E-state index in [2.05, 4.69) is 25.7 Å². The summed E-state index contributed by atoms with van der Waals surface area (Å²) in [5, 5.41) is 0. The maximum absolute atomic E-state index is 12.6. The van der Waals surface area contributed by atoms with Crippen molar-refractivity contribution in [3.05, 3.63) is 0 Å². The Bertz CT molecular complexity index is 297. The molecule has 18 heavy (non-hydrogen) atoms. The van der Waals surface area contributed by atoms with Gasteiger partial charge in [-0.15, -0.1) is 0 Å². The second-order valence-corrected chi connectivity index (χ2v) is 6.70. The van der Waals surface area contributed by atoms with Crippen LogP contribution in [0.3, 0.4) is 0 Å². The molecule has 1 saturated carbocycles. The van der Waals surface area contributed by atoms with E-state index >= 15 is 0 Å². The molecular formula is C15H28N2O. The molecule has 2 rings (SSSR count). The summed E-state index contributed by atoms with van der Waals surface area (Å²) < 4.78 is 0. The number of carbonyl (C=O) groups excluding carboxylic acids is 1. The highest BCUT2D eigenvalue weighted by atomic mass is 16.2. The van der Waals surface area contributed by atoms with E-state index in [0.717, 1.165) is 44.7 Å². The lowest BCUT2D eigenvalue weighted by Crippen LogP contribution is -2.48. The Morgan fingerprint density at radius 3 is 2.28 bits per heavy atom. The van der Waals surface area contributed by atoms with Gasteiger partial charge in [0, 0.05) is 25.0 Å². The van der Waals surface area contributed by atoms with Gasteiger partial charge >= 0.3 is 0 Å². The summed E-state index contributed by atoms with van der Waals surface area (Å²) in [5.74, 6) is 2.37. The largest absolute Gasteiger partial charge is 0.342 e. The third kappa shape index (κ3) is 2.87. The lowest BCUT2D eigenvalue weighted by molar-refractivity contribution is -0.140. The summed E-state index contributed by atoms with van der Waals surface area (Å²) in [6.45, 7) is 8.62. The first kappa shape index (κ1) is 13.9. The van der Waals surface area contributed by atoms with Crippen molar-refractivity contribution in [3.63, 3.8) is 0 Å². The molecule has 0 aromatic rings. The molecule has 104 valence electrons. The number of nitrogens with two attached hydrogens (primary N) is 1. The van der Waals surface area contributed by atoms with Crippen LogP contribution in [0.5, 0.6) is 0 Å². The zero-order valence-electron chi connectivity index (χ0n) is 12.1. The summed E-state index contributed by atoms with van der Waals surface area (Å²) >= 11 is 0. The summed E-state index contributed by atoms with van der Waals surface area (Å²) in [5.41, 5.74) is 6.15. The van der Waals surface area contributed by atoms with E-state index in [1.54, 1.807) is 0 Å². The zero-order chi connectivity index (χ0) is 13.3. The first-order valence-electron chi connectivity index (χ1n) is 7.53. The fourth-order valence-corrected chi connectivity index (χ4v) is 3.49. The summed E-state index contributed by atoms with van der Waals surface area (Å²) in [7, 11) is 0. The van der Waals surface area contributed by atoms with Gasteiger partial charge in [0.15, 0.2) is 0 Å². The first-order chi connectivity index (χ1) is 8.49. The Morgan fingerprint density at radius 2 is 1.67 bits per heavy atom. The molecule has 4 atom stereocenters. The second-order valence-electron chi connectivity index (χ2n) is 6.70. The van der Waals surface area contributed by atoms with Crippen molar-refractivity contribution in [3.8, 4) is 0 Å². The van der Waals surface area contributed by atoms with Gasteiger partial charge in [0.2, 0.25) is 5.91 Å². The lowest BCUT2D eigenvalue weighted by atomic mass is 9.72. The van der Waals surface area contributed by atoms with Gasteiger partial charge in [0.05, 0.1) is 0 Å². The molecule has 3 heteroatoms. The van der Waals surface area contributed by atoms with E-state index in [-0.39, 0.29) is 12.0 Å². The van der Waals surface area contributed by atoms with Gasteiger partial charge < -0.3 is 10.6 Å². The number of amides is 1. The Balaban J connectivity index is 1.96. The highest BCUT2D eigenvalue weighted by molar-refractivity contribution is 5.79. The van der Waals surface area contributed by atoms with Crippen molar-refractivity contribution < 1.29 is 4.79 Å². The molecule has 1 aliphatic carbocycles. The smallest absolute Gasteiger partial charge is 0.226 e. The fraction of sp³-hybridized carbons (Fsp3) is 0.933. The molecule has 1 heterocycles. The van der Waals surface area contributed by atoms with Crippen molar-refractivity contribution >= 4 is 5.91 Å². The topological polar surface area (TPSA) is 46.3 Å². The Kier molecular flexibility index (Phi) is 4.31. The van der Waals surface area contributed by atoms with Gasteiger partial charge in [-0.3, -0.25) is 4.79 Å². The van der Waals surface area contributed by atoms with Crippen LogP contribution in [0, 0.1) is 23.7 Å². The number of nitrogens with zero attached hydrogens (tertiary/aromatic N) is 1. The summed E-state index contributed by atoms with van der Waals surface area (Å²) in [4.78, 5) is 14.7. The Labute approximate surface area is 111 Å². The third-order valence-corrected chi connectivity index (χ3v) is 5.10. The number of hydrogen-bond acceptors (Lipinski definition) is 2. The molecule has 0 spiro atoms. The fourth-order valence-electron chi connectivity index (χ4n) is 3.49. The number of piperidine rings is 1. The van der Waals surface area contributed by atoms with E-state index in [4.69, 9.17) is 5.73 Å². The normalized spacial score (nSPS) is 38.8. The molecule has 3 nitrogen and oxygen atoms in total. The standard InChI is InChI=1S/C15H28N2O/c1-10-4-6-17(7-5-10)15(18)13-9-14(16)12(3)8-11(13)2/h10-14H,4-9,16H2,1-3H3. The molecular weight excluding hydrogens is 224 g/mol. The van der Waals surface area contributed by atoms with E-state index in [0.29, 0.717) is 17.7 Å². The lowest BCUT2D eigenvalue weighted by Gasteiger charge is -2.40. The predicted octanol–water partition coefficient (Wildman–Crippen LogP) is 2.25. The van der Waals surface area contributed by atoms with Crippen molar-refractivity contribution in [1.82, 2.24) is 4.90 Å². The average Bonchev–Trinajstić information content (AvgIpc) is 2.34. The van der Waals surface area contributed by atoms with Crippen molar-refractivity contribution in [2.24, 2.45) is 29.4 Å². The number of likely N-dealkylation sites (tertiary alicyclic amines) is 1. The number of hydrogen-bond donors (Lipinski definition) is 1. The van der Waals surface area contributed by atoms with E-state index < -0.39 is 0 Å². The molecule has 2 fully saturated rings. The summed E-state index contributed by atoms with van der Waals surface area (Å²) in [6, 6.07) is 0.207. The quantitative estimate of drug-likeness (QED) is 0.778. The first-order valence-corrected chi connectivity index (χ1v) is 7.53. The predicted molar refractivity (Wildman–Crippen MR) is 74.0 cm³/mol. The minimum atomic E-state index is 0.171. The third-order valence-electron chi connectivity index (χ3n) is 5.10. The highest BCUT2D eigenvalue weighted by Gasteiger charge is 2.37. The molecule has 1 amide bonds. The maximum Gasteiger partial charge on any atom is 0.226 e. The van der Waals surface area contributed by atoms with Gasteiger partial charge in [-0.1, -0.05) is 20.8 Å². The molecule has 2 aliphatic rings. The molecule has 1 aliphatic heterocycles. The minimum Gasteiger partial charge on any atom is -0.342 e. The summed E-state index contributed by atoms with van der Waals surface area (Å²) in [6.07, 6.45) is 4.31. The van der Waals surface area contributed by atoms with Crippen molar-refractivity contribution in [2.45, 2.75) is 52.5 Å². The van der Waals surface area contributed by atoms with Crippen LogP contribution in [-0.4, -0.2) is 29.9 Å². The van der Waals surface area contributed by atoms with Gasteiger partial charge in [-0.05, 0) is 43.4 Å². The molecule has 0 aromatic carbocycles. The molecule has 0 bridgehead atoms. The maximum atomic E-state index is 12.6. The van der Waals surface area contributed by atoms with Crippen LogP contribution in [0.2, 0.25) is 0 Å². The highest BCUT2D eigenvalue weighted by Crippen LogP contribution is 2.34. The SMILES string of the molecule is CC1CCN(C(=O)C2CC(N)C(C)CC2C)CC1. The Hall–Kier alpha value is -0.570. The molecule has 1 saturated heterocycles. The molecule has 4 unspecified atom stereocenters. The van der Waals surface area contributed by atoms with Crippen LogP contribution in [0.25, 0.3) is 0 Å². The second kappa shape index (κ2) is 5.60. The van der Waals surface area contributed by atoms with Crippen LogP contribution in [0.15, 0.2) is 0 Å². The molecule has 0 radical (unpaired) electrons. The zero-order valence-corrected chi connectivity index (χ0v) is 12.1. The van der Waals surface area contributed by atoms with Crippen LogP contribution in [0.1, 0.15) is 46.5 Å². The van der Waals surface area contributed by atoms with Gasteiger partial charge in [-0.2, -0.15) is 0 Å². The average molecular weight is 252 g/mol. The minimum absolute atomic E-state index is 0.171. The monoisotopic (exact) mass is 252 g/mol. The number of rotatable bonds is 1. The van der Waals surface area contributed by atoms with Gasteiger partial charge in [0.25, 0.3) is 0 Å². The van der Waals surface area contributed by atoms with Gasteiger partial charge in [0.1, 0.15) is 0 Å². The van der Waals surface area contributed by atoms with E-state index in [1.165, 1.54) is 0 Å².